The fraction of sp³-hybridized carbons (Fsp3) is 0.444. The van der Waals surface area contributed by atoms with Gasteiger partial charge in [0, 0.05) is 31.4 Å². The third-order valence-electron chi connectivity index (χ3n) is 5.24. The lowest BCUT2D eigenvalue weighted by Crippen LogP contribution is -2.50. The van der Waals surface area contributed by atoms with Crippen LogP contribution in [0, 0.1) is 0 Å². The van der Waals surface area contributed by atoms with E-state index in [1.165, 1.54) is 24.8 Å². The second-order valence-electron chi connectivity index (χ2n) is 6.50. The molecule has 2 atom stereocenters. The highest BCUT2D eigenvalue weighted by molar-refractivity contribution is 5.65. The first-order valence-electron chi connectivity index (χ1n) is 8.28. The van der Waals surface area contributed by atoms with Gasteiger partial charge in [-0.3, -0.25) is 10.3 Å². The number of allylic oxidation sites excluding steroid dienone is 2. The number of hydrazine groups is 2. The first kappa shape index (κ1) is 13.9. The molecule has 0 radical (unpaired) electrons. The van der Waals surface area contributed by atoms with Gasteiger partial charge in [0.15, 0.2) is 0 Å². The Balaban J connectivity index is 1.48. The van der Waals surface area contributed by atoms with Gasteiger partial charge in [-0.05, 0) is 44.0 Å². The van der Waals surface area contributed by atoms with Crippen LogP contribution in [0.25, 0.3) is 5.70 Å². The Bertz CT molecular complexity index is 580. The fourth-order valence-corrected chi connectivity index (χ4v) is 3.85. The van der Waals surface area contributed by atoms with Gasteiger partial charge in [-0.15, -0.1) is 0 Å². The van der Waals surface area contributed by atoms with Gasteiger partial charge in [-0.1, -0.05) is 30.3 Å². The molecule has 0 amide bonds. The fourth-order valence-electron chi connectivity index (χ4n) is 3.85. The highest BCUT2D eigenvalue weighted by Crippen LogP contribution is 2.29. The predicted molar refractivity (Wildman–Crippen MR) is 89.3 cm³/mol. The van der Waals surface area contributed by atoms with Crippen LogP contribution >= 0.6 is 0 Å². The molecule has 1 aromatic carbocycles. The zero-order chi connectivity index (χ0) is 14.9. The maximum atomic E-state index is 3.56. The van der Waals surface area contributed by atoms with Crippen molar-refractivity contribution >= 4 is 5.70 Å². The van der Waals surface area contributed by atoms with Crippen LogP contribution < -0.4 is 5.43 Å². The summed E-state index contributed by atoms with van der Waals surface area (Å²) in [6.07, 6.45) is 10.4. The molecule has 4 nitrogen and oxygen atoms in total. The summed E-state index contributed by atoms with van der Waals surface area (Å²) in [7, 11) is 2.29. The van der Waals surface area contributed by atoms with E-state index in [0.717, 1.165) is 24.8 Å². The molecule has 2 saturated heterocycles. The normalized spacial score (nSPS) is 29.1. The van der Waals surface area contributed by atoms with Gasteiger partial charge in [0.2, 0.25) is 0 Å². The van der Waals surface area contributed by atoms with Crippen molar-refractivity contribution in [3.05, 3.63) is 54.2 Å². The maximum Gasteiger partial charge on any atom is 0.0629 e. The van der Waals surface area contributed by atoms with Gasteiger partial charge < -0.3 is 0 Å². The van der Waals surface area contributed by atoms with Crippen molar-refractivity contribution in [2.45, 2.75) is 31.3 Å². The number of rotatable bonds is 2. The Morgan fingerprint density at radius 2 is 1.86 bits per heavy atom. The van der Waals surface area contributed by atoms with E-state index in [4.69, 9.17) is 0 Å². The van der Waals surface area contributed by atoms with Crippen molar-refractivity contribution in [2.75, 3.05) is 20.1 Å². The molecule has 0 aliphatic carbocycles. The largest absolute Gasteiger partial charge is 0.299 e. The Kier molecular flexibility index (Phi) is 3.64. The highest BCUT2D eigenvalue weighted by Gasteiger charge is 2.36. The molecular weight excluding hydrogens is 272 g/mol. The zero-order valence-electron chi connectivity index (χ0n) is 13.2. The van der Waals surface area contributed by atoms with E-state index in [2.05, 4.69) is 76.2 Å². The molecule has 1 N–H and O–H groups in total. The van der Waals surface area contributed by atoms with Crippen molar-refractivity contribution in [3.63, 3.8) is 0 Å². The van der Waals surface area contributed by atoms with Crippen LogP contribution in [-0.2, 0) is 0 Å². The quantitative estimate of drug-likeness (QED) is 0.905. The Morgan fingerprint density at radius 3 is 2.73 bits per heavy atom. The number of likely N-dealkylation sites (N-methyl/N-ethyl adjacent to an activating group) is 1. The summed E-state index contributed by atoms with van der Waals surface area (Å²) >= 11 is 0. The minimum atomic E-state index is 0.689. The van der Waals surface area contributed by atoms with Gasteiger partial charge in [0.25, 0.3) is 0 Å². The second-order valence-corrected chi connectivity index (χ2v) is 6.50. The minimum absolute atomic E-state index is 0.689. The highest BCUT2D eigenvalue weighted by atomic mass is 15.8. The molecule has 2 unspecified atom stereocenters. The van der Waals surface area contributed by atoms with Gasteiger partial charge in [0.1, 0.15) is 0 Å². The van der Waals surface area contributed by atoms with E-state index in [9.17, 15) is 0 Å². The number of hydrogen-bond donors (Lipinski definition) is 1. The average molecular weight is 296 g/mol. The van der Waals surface area contributed by atoms with Crippen LogP contribution in [-0.4, -0.2) is 47.2 Å². The SMILES string of the molecule is CN1C2CCC1CN(N1C=CC=C(c3ccccc3)N1)CC2. The smallest absolute Gasteiger partial charge is 0.0629 e. The van der Waals surface area contributed by atoms with Crippen molar-refractivity contribution in [1.82, 2.24) is 20.5 Å². The molecule has 2 bridgehead atoms. The van der Waals surface area contributed by atoms with E-state index < -0.39 is 0 Å². The Labute approximate surface area is 132 Å². The number of fused-ring (bicyclic) bond motifs is 2. The molecule has 3 heterocycles. The minimum Gasteiger partial charge on any atom is -0.299 e. The summed E-state index contributed by atoms with van der Waals surface area (Å²) < 4.78 is 0. The lowest BCUT2D eigenvalue weighted by Gasteiger charge is -2.37. The first-order valence-corrected chi connectivity index (χ1v) is 8.28. The molecule has 22 heavy (non-hydrogen) atoms. The predicted octanol–water partition coefficient (Wildman–Crippen LogP) is 2.44. The first-order chi connectivity index (χ1) is 10.8. The van der Waals surface area contributed by atoms with E-state index in [1.807, 2.05) is 0 Å². The summed E-state index contributed by atoms with van der Waals surface area (Å²) in [5, 5.41) is 4.63. The number of hydrogen-bond acceptors (Lipinski definition) is 4. The summed E-state index contributed by atoms with van der Waals surface area (Å²) in [6.45, 7) is 2.22. The Morgan fingerprint density at radius 1 is 1.05 bits per heavy atom. The van der Waals surface area contributed by atoms with Gasteiger partial charge in [-0.25, -0.2) is 10.1 Å². The molecular formula is C18H24N4. The van der Waals surface area contributed by atoms with E-state index in [-0.39, 0.29) is 0 Å². The second kappa shape index (κ2) is 5.78. The standard InChI is InChI=1S/C18H24N4/c1-20-16-9-10-17(20)14-21(13-11-16)22-12-5-8-18(19-22)15-6-3-2-4-7-15/h2-8,12,16-17,19H,9-11,13-14H2,1H3. The van der Waals surface area contributed by atoms with Crippen molar-refractivity contribution in [3.8, 4) is 0 Å². The summed E-state index contributed by atoms with van der Waals surface area (Å²) in [5.41, 5.74) is 5.94. The van der Waals surface area contributed by atoms with Crippen LogP contribution in [0.2, 0.25) is 0 Å². The molecule has 0 aromatic heterocycles. The van der Waals surface area contributed by atoms with Crippen LogP contribution in [0.15, 0.2) is 48.7 Å². The van der Waals surface area contributed by atoms with Crippen LogP contribution in [0.4, 0.5) is 0 Å². The summed E-state index contributed by atoms with van der Waals surface area (Å²) in [4.78, 5) is 2.58. The summed E-state index contributed by atoms with van der Waals surface area (Å²) in [5.74, 6) is 0. The molecule has 3 aliphatic heterocycles. The molecule has 0 spiro atoms. The van der Waals surface area contributed by atoms with Crippen LogP contribution in [0.3, 0.4) is 0 Å². The van der Waals surface area contributed by atoms with Gasteiger partial charge in [-0.2, -0.15) is 0 Å². The number of nitrogens with one attached hydrogen (secondary N) is 1. The van der Waals surface area contributed by atoms with E-state index >= 15 is 0 Å². The molecule has 2 fully saturated rings. The number of nitrogens with zero attached hydrogens (tertiary/aromatic N) is 3. The molecule has 4 heteroatoms. The molecule has 3 aliphatic rings. The molecule has 116 valence electrons. The van der Waals surface area contributed by atoms with E-state index in [0.29, 0.717) is 6.04 Å². The molecule has 4 rings (SSSR count). The van der Waals surface area contributed by atoms with Crippen LogP contribution in [0.1, 0.15) is 24.8 Å². The lowest BCUT2D eigenvalue weighted by molar-refractivity contribution is -0.0141. The zero-order valence-corrected chi connectivity index (χ0v) is 13.2. The van der Waals surface area contributed by atoms with Crippen molar-refractivity contribution < 1.29 is 0 Å². The lowest BCUT2D eigenvalue weighted by atomic mass is 10.1. The average Bonchev–Trinajstić information content (AvgIpc) is 2.81. The molecule has 1 aromatic rings. The van der Waals surface area contributed by atoms with Crippen molar-refractivity contribution in [1.29, 1.82) is 0 Å². The molecule has 0 saturated carbocycles. The monoisotopic (exact) mass is 296 g/mol. The van der Waals surface area contributed by atoms with Crippen molar-refractivity contribution in [2.24, 2.45) is 0 Å². The van der Waals surface area contributed by atoms with Gasteiger partial charge in [0.05, 0.1) is 5.70 Å². The maximum absolute atomic E-state index is 3.56. The topological polar surface area (TPSA) is 21.8 Å². The third-order valence-corrected chi connectivity index (χ3v) is 5.24. The third kappa shape index (κ3) is 2.53. The summed E-state index contributed by atoms with van der Waals surface area (Å²) in [6, 6.07) is 12.0. The van der Waals surface area contributed by atoms with Gasteiger partial charge >= 0.3 is 0 Å². The number of benzene rings is 1. The van der Waals surface area contributed by atoms with E-state index in [1.54, 1.807) is 0 Å². The Hall–Kier alpha value is -1.78. The van der Waals surface area contributed by atoms with Crippen LogP contribution in [0.5, 0.6) is 0 Å².